The highest BCUT2D eigenvalue weighted by atomic mass is 79.9. The van der Waals surface area contributed by atoms with Crippen LogP contribution in [0.25, 0.3) is 0 Å². The first-order valence-corrected chi connectivity index (χ1v) is 7.52. The van der Waals surface area contributed by atoms with Crippen molar-refractivity contribution in [2.45, 2.75) is 6.92 Å². The molecule has 21 heavy (non-hydrogen) atoms. The minimum Gasteiger partial charge on any atom is -0.496 e. The van der Waals surface area contributed by atoms with Gasteiger partial charge in [0.15, 0.2) is 0 Å². The number of rotatable bonds is 4. The second-order valence-corrected chi connectivity index (χ2v) is 6.32. The number of benzene rings is 1. The number of carboxylic acid groups (broad SMARTS) is 1. The normalized spacial score (nSPS) is 10.2. The summed E-state index contributed by atoms with van der Waals surface area (Å²) in [6, 6.07) is 6.43. The first kappa shape index (κ1) is 15.5. The molecule has 0 aliphatic heterocycles. The van der Waals surface area contributed by atoms with Crippen LogP contribution in [0.5, 0.6) is 5.75 Å². The van der Waals surface area contributed by atoms with Crippen molar-refractivity contribution < 1.29 is 19.4 Å². The summed E-state index contributed by atoms with van der Waals surface area (Å²) in [7, 11) is 1.54. The van der Waals surface area contributed by atoms with Crippen LogP contribution < -0.4 is 10.1 Å². The fraction of sp³-hybridized carbons (Fsp3) is 0.143. The van der Waals surface area contributed by atoms with Crippen LogP contribution in [0.3, 0.4) is 0 Å². The number of aromatic carboxylic acids is 1. The fourth-order valence-corrected chi connectivity index (χ4v) is 3.19. The summed E-state index contributed by atoms with van der Waals surface area (Å²) < 4.78 is 5.75. The third kappa shape index (κ3) is 3.43. The van der Waals surface area contributed by atoms with Crippen molar-refractivity contribution in [2.75, 3.05) is 12.4 Å². The number of carboxylic acids is 1. The number of hydrogen-bond acceptors (Lipinski definition) is 4. The molecular weight excluding hydrogens is 358 g/mol. The maximum Gasteiger partial charge on any atom is 0.338 e. The van der Waals surface area contributed by atoms with Gasteiger partial charge in [0.25, 0.3) is 5.91 Å². The molecule has 2 aromatic rings. The van der Waals surface area contributed by atoms with Crippen LogP contribution in [0, 0.1) is 6.92 Å². The first-order chi connectivity index (χ1) is 9.92. The molecule has 0 aliphatic carbocycles. The number of thiophene rings is 1. The molecule has 0 spiro atoms. The predicted octanol–water partition coefficient (Wildman–Crippen LogP) is 3.78. The van der Waals surface area contributed by atoms with Crippen LogP contribution in [0.4, 0.5) is 5.00 Å². The number of ether oxygens (including phenoxy) is 1. The molecule has 0 aliphatic rings. The average molecular weight is 370 g/mol. The molecule has 0 unspecified atom stereocenters. The highest BCUT2D eigenvalue weighted by molar-refractivity contribution is 9.10. The van der Waals surface area contributed by atoms with Crippen molar-refractivity contribution in [1.82, 2.24) is 0 Å². The lowest BCUT2D eigenvalue weighted by Crippen LogP contribution is -2.13. The van der Waals surface area contributed by atoms with Gasteiger partial charge in [-0.1, -0.05) is 0 Å². The van der Waals surface area contributed by atoms with Gasteiger partial charge in [-0.15, -0.1) is 11.3 Å². The SMILES string of the molecule is COc1ccc(C(=O)Nc2sc(C)cc2C(=O)O)cc1Br. The Kier molecular flexibility index (Phi) is 4.64. The van der Waals surface area contributed by atoms with Crippen molar-refractivity contribution in [2.24, 2.45) is 0 Å². The van der Waals surface area contributed by atoms with Gasteiger partial charge >= 0.3 is 5.97 Å². The molecule has 0 saturated carbocycles. The topological polar surface area (TPSA) is 75.6 Å². The Morgan fingerprint density at radius 2 is 2.05 bits per heavy atom. The van der Waals surface area contributed by atoms with Gasteiger partial charge in [0.1, 0.15) is 10.8 Å². The monoisotopic (exact) mass is 369 g/mol. The van der Waals surface area contributed by atoms with Gasteiger partial charge in [0.05, 0.1) is 17.1 Å². The molecule has 1 aromatic heterocycles. The molecule has 1 amide bonds. The van der Waals surface area contributed by atoms with Crippen LogP contribution >= 0.6 is 27.3 Å². The van der Waals surface area contributed by atoms with Gasteiger partial charge in [-0.2, -0.15) is 0 Å². The number of hydrogen-bond donors (Lipinski definition) is 2. The second-order valence-electron chi connectivity index (χ2n) is 4.21. The first-order valence-electron chi connectivity index (χ1n) is 5.91. The molecule has 0 bridgehead atoms. The number of carbonyl (C=O) groups excluding carboxylic acids is 1. The van der Waals surface area contributed by atoms with E-state index in [1.165, 1.54) is 24.5 Å². The van der Waals surface area contributed by atoms with E-state index < -0.39 is 5.97 Å². The van der Waals surface area contributed by atoms with E-state index in [4.69, 9.17) is 9.84 Å². The maximum absolute atomic E-state index is 12.2. The zero-order valence-corrected chi connectivity index (χ0v) is 13.7. The molecule has 0 atom stereocenters. The zero-order chi connectivity index (χ0) is 15.6. The van der Waals surface area contributed by atoms with E-state index in [9.17, 15) is 9.59 Å². The summed E-state index contributed by atoms with van der Waals surface area (Å²) >= 11 is 4.53. The Balaban J connectivity index is 2.26. The number of halogens is 1. The standard InChI is InChI=1S/C14H12BrNO4S/c1-7-5-9(14(18)19)13(21-7)16-12(17)8-3-4-11(20-2)10(15)6-8/h3-6H,1-2H3,(H,16,17)(H,18,19). The van der Waals surface area contributed by atoms with Crippen molar-refractivity contribution in [1.29, 1.82) is 0 Å². The van der Waals surface area contributed by atoms with Crippen molar-refractivity contribution in [3.05, 3.63) is 44.7 Å². The lowest BCUT2D eigenvalue weighted by atomic mass is 10.2. The third-order valence-electron chi connectivity index (χ3n) is 2.73. The van der Waals surface area contributed by atoms with E-state index in [2.05, 4.69) is 21.2 Å². The van der Waals surface area contributed by atoms with Gasteiger partial charge in [-0.05, 0) is 47.1 Å². The number of nitrogens with one attached hydrogen (secondary N) is 1. The van der Waals surface area contributed by atoms with Gasteiger partial charge in [0.2, 0.25) is 0 Å². The molecule has 110 valence electrons. The zero-order valence-electron chi connectivity index (χ0n) is 11.3. The minimum absolute atomic E-state index is 0.0958. The number of amides is 1. The molecular formula is C14H12BrNO4S. The summed E-state index contributed by atoms with van der Waals surface area (Å²) in [5, 5.41) is 12.1. The van der Waals surface area contributed by atoms with Gasteiger partial charge in [0, 0.05) is 10.4 Å². The van der Waals surface area contributed by atoms with Crippen LogP contribution in [0.2, 0.25) is 0 Å². The molecule has 1 aromatic carbocycles. The largest absolute Gasteiger partial charge is 0.496 e. The van der Waals surface area contributed by atoms with E-state index >= 15 is 0 Å². The molecule has 0 saturated heterocycles. The van der Waals surface area contributed by atoms with Crippen LogP contribution in [0.1, 0.15) is 25.6 Å². The predicted molar refractivity (Wildman–Crippen MR) is 84.7 cm³/mol. The summed E-state index contributed by atoms with van der Waals surface area (Å²) in [4.78, 5) is 24.1. The Morgan fingerprint density at radius 1 is 1.33 bits per heavy atom. The average Bonchev–Trinajstić information content (AvgIpc) is 2.79. The van der Waals surface area contributed by atoms with Gasteiger partial charge < -0.3 is 15.2 Å². The fourth-order valence-electron chi connectivity index (χ4n) is 1.75. The molecule has 0 radical (unpaired) electrons. The lowest BCUT2D eigenvalue weighted by molar-refractivity contribution is 0.0698. The molecule has 5 nitrogen and oxygen atoms in total. The van der Waals surface area contributed by atoms with E-state index in [1.807, 2.05) is 0 Å². The Bertz CT molecular complexity index is 711. The number of anilines is 1. The van der Waals surface area contributed by atoms with E-state index in [0.717, 1.165) is 4.88 Å². The van der Waals surface area contributed by atoms with Crippen LogP contribution in [0.15, 0.2) is 28.7 Å². The Labute approximate surface area is 133 Å². The highest BCUT2D eigenvalue weighted by Gasteiger charge is 2.17. The lowest BCUT2D eigenvalue weighted by Gasteiger charge is -2.07. The summed E-state index contributed by atoms with van der Waals surface area (Å²) in [6.07, 6.45) is 0. The molecule has 1 heterocycles. The number of methoxy groups -OCH3 is 1. The van der Waals surface area contributed by atoms with Gasteiger partial charge in [-0.25, -0.2) is 4.79 Å². The maximum atomic E-state index is 12.2. The van der Waals surface area contributed by atoms with E-state index in [-0.39, 0.29) is 11.5 Å². The molecule has 7 heteroatoms. The van der Waals surface area contributed by atoms with E-state index in [1.54, 1.807) is 25.1 Å². The van der Waals surface area contributed by atoms with Crippen molar-refractivity contribution in [3.63, 3.8) is 0 Å². The smallest absolute Gasteiger partial charge is 0.338 e. The quantitative estimate of drug-likeness (QED) is 0.859. The Hall–Kier alpha value is -1.86. The van der Waals surface area contributed by atoms with Crippen LogP contribution in [-0.4, -0.2) is 24.1 Å². The number of carbonyl (C=O) groups is 2. The summed E-state index contributed by atoms with van der Waals surface area (Å²) in [6.45, 7) is 1.79. The minimum atomic E-state index is -1.06. The van der Waals surface area contributed by atoms with Gasteiger partial charge in [-0.3, -0.25) is 4.79 Å². The van der Waals surface area contributed by atoms with E-state index in [0.29, 0.717) is 20.8 Å². The summed E-state index contributed by atoms with van der Waals surface area (Å²) in [5.41, 5.74) is 0.503. The number of aryl methyl sites for hydroxylation is 1. The van der Waals surface area contributed by atoms with Crippen molar-refractivity contribution >= 4 is 44.1 Å². The second kappa shape index (κ2) is 6.28. The Morgan fingerprint density at radius 3 is 2.62 bits per heavy atom. The van der Waals surface area contributed by atoms with Crippen molar-refractivity contribution in [3.8, 4) is 5.75 Å². The third-order valence-corrected chi connectivity index (χ3v) is 4.31. The summed E-state index contributed by atoms with van der Waals surface area (Å²) in [5.74, 6) is -0.821. The highest BCUT2D eigenvalue weighted by Crippen LogP contribution is 2.29. The molecule has 2 rings (SSSR count). The molecule has 2 N–H and O–H groups in total. The molecule has 0 fully saturated rings. The van der Waals surface area contributed by atoms with Crippen LogP contribution in [-0.2, 0) is 0 Å².